The SMILES string of the molecule is CCc1ccc([C@@H]2C[C@H](C(F)(F)F)n3ncc(CC(=O)NCc4ccc(C)s4)c3N2)cc1. The first-order chi connectivity index (χ1) is 15.2. The lowest BCUT2D eigenvalue weighted by molar-refractivity contribution is -0.173. The molecule has 0 saturated heterocycles. The fourth-order valence-corrected chi connectivity index (χ4v) is 4.78. The van der Waals surface area contributed by atoms with Crippen LogP contribution in [-0.2, 0) is 24.2 Å². The van der Waals surface area contributed by atoms with Crippen molar-refractivity contribution < 1.29 is 18.0 Å². The molecule has 2 aromatic heterocycles. The molecule has 170 valence electrons. The zero-order valence-corrected chi connectivity index (χ0v) is 18.7. The summed E-state index contributed by atoms with van der Waals surface area (Å²) < 4.78 is 42.5. The predicted octanol–water partition coefficient (Wildman–Crippen LogP) is 5.33. The lowest BCUT2D eigenvalue weighted by Gasteiger charge is -2.34. The molecular weight excluding hydrogens is 437 g/mol. The molecule has 0 bridgehead atoms. The number of aryl methyl sites for hydroxylation is 2. The Bertz CT molecular complexity index is 1090. The van der Waals surface area contributed by atoms with E-state index in [0.29, 0.717) is 12.1 Å². The highest BCUT2D eigenvalue weighted by atomic mass is 32.1. The van der Waals surface area contributed by atoms with Gasteiger partial charge < -0.3 is 10.6 Å². The maximum atomic E-state index is 13.8. The minimum Gasteiger partial charge on any atom is -0.363 e. The molecule has 2 N–H and O–H groups in total. The van der Waals surface area contributed by atoms with E-state index in [0.717, 1.165) is 32.0 Å². The molecule has 5 nitrogen and oxygen atoms in total. The molecule has 4 rings (SSSR count). The van der Waals surface area contributed by atoms with Gasteiger partial charge in [0.2, 0.25) is 5.91 Å². The summed E-state index contributed by atoms with van der Waals surface area (Å²) in [5.41, 5.74) is 2.36. The van der Waals surface area contributed by atoms with Crippen molar-refractivity contribution in [3.8, 4) is 0 Å². The van der Waals surface area contributed by atoms with Gasteiger partial charge in [0.25, 0.3) is 0 Å². The molecule has 3 heterocycles. The van der Waals surface area contributed by atoms with Crippen LogP contribution in [0.5, 0.6) is 0 Å². The lowest BCUT2D eigenvalue weighted by atomic mass is 9.95. The molecule has 1 aromatic carbocycles. The molecule has 1 amide bonds. The summed E-state index contributed by atoms with van der Waals surface area (Å²) in [6, 6.07) is 9.27. The van der Waals surface area contributed by atoms with Gasteiger partial charge in [0, 0.05) is 21.7 Å². The molecule has 3 aromatic rings. The zero-order valence-electron chi connectivity index (χ0n) is 17.9. The van der Waals surface area contributed by atoms with Crippen molar-refractivity contribution in [3.05, 3.63) is 69.0 Å². The van der Waals surface area contributed by atoms with E-state index in [9.17, 15) is 18.0 Å². The van der Waals surface area contributed by atoms with Crippen LogP contribution in [0.1, 0.15) is 51.9 Å². The van der Waals surface area contributed by atoms with Crippen LogP contribution in [0.2, 0.25) is 0 Å². The average Bonchev–Trinajstić information content (AvgIpc) is 3.37. The fourth-order valence-electron chi connectivity index (χ4n) is 3.95. The van der Waals surface area contributed by atoms with E-state index in [1.54, 1.807) is 11.3 Å². The maximum Gasteiger partial charge on any atom is 0.410 e. The highest BCUT2D eigenvalue weighted by molar-refractivity contribution is 7.11. The average molecular weight is 463 g/mol. The van der Waals surface area contributed by atoms with Gasteiger partial charge in [-0.25, -0.2) is 4.68 Å². The lowest BCUT2D eigenvalue weighted by Crippen LogP contribution is -2.36. The van der Waals surface area contributed by atoms with E-state index < -0.39 is 18.3 Å². The van der Waals surface area contributed by atoms with Crippen LogP contribution in [0.3, 0.4) is 0 Å². The number of carbonyl (C=O) groups excluding carboxylic acids is 1. The van der Waals surface area contributed by atoms with Crippen molar-refractivity contribution in [1.29, 1.82) is 0 Å². The van der Waals surface area contributed by atoms with Crippen molar-refractivity contribution in [3.63, 3.8) is 0 Å². The molecule has 0 fully saturated rings. The quantitative estimate of drug-likeness (QED) is 0.520. The van der Waals surface area contributed by atoms with Crippen LogP contribution < -0.4 is 10.6 Å². The van der Waals surface area contributed by atoms with Crippen molar-refractivity contribution in [2.24, 2.45) is 0 Å². The van der Waals surface area contributed by atoms with E-state index in [1.807, 2.05) is 50.2 Å². The number of benzene rings is 1. The summed E-state index contributed by atoms with van der Waals surface area (Å²) >= 11 is 1.60. The first-order valence-electron chi connectivity index (χ1n) is 10.5. The third-order valence-corrected chi connectivity index (χ3v) is 6.71. The second-order valence-electron chi connectivity index (χ2n) is 8.01. The number of alkyl halides is 3. The van der Waals surface area contributed by atoms with Crippen molar-refractivity contribution >= 4 is 23.1 Å². The largest absolute Gasteiger partial charge is 0.410 e. The fraction of sp³-hybridized carbons (Fsp3) is 0.391. The van der Waals surface area contributed by atoms with Crippen LogP contribution in [-0.4, -0.2) is 21.9 Å². The molecule has 0 spiro atoms. The molecular formula is C23H25F3N4OS. The number of aromatic nitrogens is 2. The Morgan fingerprint density at radius 3 is 2.62 bits per heavy atom. The number of halogens is 3. The number of nitrogens with zero attached hydrogens (tertiary/aromatic N) is 2. The Balaban J connectivity index is 1.54. The summed E-state index contributed by atoms with van der Waals surface area (Å²) in [5, 5.41) is 10.0. The number of anilines is 1. The standard InChI is InChI=1S/C23H25F3N4OS/c1-3-15-5-7-16(8-6-15)19-11-20(23(24,25)26)30-22(29-19)17(12-28-30)10-21(31)27-13-18-9-4-14(2)32-18/h4-9,12,19-20,29H,3,10-11,13H2,1-2H3,(H,27,31)/t19-,20+/m0/s1. The van der Waals surface area contributed by atoms with Crippen LogP contribution in [0.25, 0.3) is 0 Å². The third-order valence-electron chi connectivity index (χ3n) is 5.71. The number of amides is 1. The first-order valence-corrected chi connectivity index (χ1v) is 11.4. The molecule has 2 atom stereocenters. The summed E-state index contributed by atoms with van der Waals surface area (Å²) in [7, 11) is 0. The highest BCUT2D eigenvalue weighted by Gasteiger charge is 2.46. The Labute approximate surface area is 188 Å². The number of hydrogen-bond donors (Lipinski definition) is 2. The van der Waals surface area contributed by atoms with Gasteiger partial charge in [-0.2, -0.15) is 18.3 Å². The van der Waals surface area contributed by atoms with Crippen molar-refractivity contribution in [2.45, 2.75) is 57.9 Å². The monoisotopic (exact) mass is 462 g/mol. The summed E-state index contributed by atoms with van der Waals surface area (Å²) in [6.07, 6.45) is -2.42. The van der Waals surface area contributed by atoms with Gasteiger partial charge in [-0.3, -0.25) is 4.79 Å². The molecule has 0 saturated carbocycles. The molecule has 1 aliphatic rings. The van der Waals surface area contributed by atoms with Crippen molar-refractivity contribution in [2.75, 3.05) is 5.32 Å². The van der Waals surface area contributed by atoms with E-state index in [4.69, 9.17) is 0 Å². The predicted molar refractivity (Wildman–Crippen MR) is 119 cm³/mol. The molecule has 0 unspecified atom stereocenters. The number of thiophene rings is 1. The topological polar surface area (TPSA) is 59.0 Å². The minimum atomic E-state index is -4.44. The molecule has 9 heteroatoms. The smallest absolute Gasteiger partial charge is 0.363 e. The Kier molecular flexibility index (Phi) is 6.28. The van der Waals surface area contributed by atoms with Crippen LogP contribution in [0, 0.1) is 6.92 Å². The molecule has 0 radical (unpaired) electrons. The van der Waals surface area contributed by atoms with Gasteiger partial charge in [-0.05, 0) is 36.6 Å². The summed E-state index contributed by atoms with van der Waals surface area (Å²) in [6.45, 7) is 4.42. The summed E-state index contributed by atoms with van der Waals surface area (Å²) in [5.74, 6) is -0.00287. The van der Waals surface area contributed by atoms with Crippen LogP contribution in [0.4, 0.5) is 19.0 Å². The van der Waals surface area contributed by atoms with E-state index in [-0.39, 0.29) is 24.6 Å². The van der Waals surface area contributed by atoms with Gasteiger partial charge in [-0.15, -0.1) is 11.3 Å². The highest BCUT2D eigenvalue weighted by Crippen LogP contribution is 2.44. The Morgan fingerprint density at radius 1 is 1.25 bits per heavy atom. The van der Waals surface area contributed by atoms with Gasteiger partial charge in [0.1, 0.15) is 5.82 Å². The van der Waals surface area contributed by atoms with Gasteiger partial charge >= 0.3 is 6.18 Å². The van der Waals surface area contributed by atoms with Crippen LogP contribution >= 0.6 is 11.3 Å². The Hall–Kier alpha value is -2.81. The molecule has 32 heavy (non-hydrogen) atoms. The third kappa shape index (κ3) is 4.82. The number of nitrogens with one attached hydrogen (secondary N) is 2. The van der Waals surface area contributed by atoms with Gasteiger partial charge in [0.15, 0.2) is 6.04 Å². The van der Waals surface area contributed by atoms with Gasteiger partial charge in [-0.1, -0.05) is 31.2 Å². The molecule has 0 aliphatic carbocycles. The first kappa shape index (κ1) is 22.4. The Morgan fingerprint density at radius 2 is 2.00 bits per heavy atom. The number of hydrogen-bond acceptors (Lipinski definition) is 4. The number of carbonyl (C=O) groups is 1. The zero-order chi connectivity index (χ0) is 22.9. The normalized spacial score (nSPS) is 18.2. The van der Waals surface area contributed by atoms with E-state index in [1.165, 1.54) is 6.20 Å². The minimum absolute atomic E-state index is 0.0429. The summed E-state index contributed by atoms with van der Waals surface area (Å²) in [4.78, 5) is 14.7. The van der Waals surface area contributed by atoms with Crippen molar-refractivity contribution in [1.82, 2.24) is 15.1 Å². The maximum absolute atomic E-state index is 13.8. The number of rotatable bonds is 6. The van der Waals surface area contributed by atoms with Crippen LogP contribution in [0.15, 0.2) is 42.6 Å². The van der Waals surface area contributed by atoms with E-state index in [2.05, 4.69) is 15.7 Å². The number of fused-ring (bicyclic) bond motifs is 1. The second kappa shape index (κ2) is 8.97. The van der Waals surface area contributed by atoms with E-state index >= 15 is 0 Å². The molecule has 1 aliphatic heterocycles. The second-order valence-corrected chi connectivity index (χ2v) is 9.39. The van der Waals surface area contributed by atoms with Gasteiger partial charge in [0.05, 0.1) is 25.2 Å².